The van der Waals surface area contributed by atoms with E-state index in [1.807, 2.05) is 12.1 Å². The number of aromatic nitrogens is 1. The normalized spacial score (nSPS) is 14.3. The number of methoxy groups -OCH3 is 1. The first-order valence-corrected chi connectivity index (χ1v) is 12.0. The number of carboxylic acids is 1. The minimum atomic E-state index is -0.913. The fourth-order valence-corrected chi connectivity index (χ4v) is 4.09. The number of amides is 3. The number of para-hydroxylation sites is 1. The number of unbranched alkanes of at least 4 members (excludes halogenated alkanes) is 1. The smallest absolute Gasteiger partial charge is 0.409 e. The summed E-state index contributed by atoms with van der Waals surface area (Å²) in [5.41, 5.74) is 0.697. The molecule has 1 saturated heterocycles. The van der Waals surface area contributed by atoms with Crippen LogP contribution in [0, 0.1) is 0 Å². The van der Waals surface area contributed by atoms with Crippen LogP contribution in [0.4, 0.5) is 4.79 Å². The van der Waals surface area contributed by atoms with Crippen molar-refractivity contribution in [3.8, 4) is 5.75 Å². The predicted octanol–water partition coefficient (Wildman–Crippen LogP) is 2.29. The van der Waals surface area contributed by atoms with Crippen LogP contribution in [0.25, 0.3) is 10.9 Å². The number of carboxylic acid groups (broad SMARTS) is 1. The molecule has 36 heavy (non-hydrogen) atoms. The Morgan fingerprint density at radius 3 is 2.44 bits per heavy atom. The van der Waals surface area contributed by atoms with Gasteiger partial charge in [-0.25, -0.2) is 9.78 Å². The summed E-state index contributed by atoms with van der Waals surface area (Å²) in [5, 5.41) is 12.5. The first-order chi connectivity index (χ1) is 17.3. The van der Waals surface area contributed by atoms with E-state index in [2.05, 4.69) is 10.3 Å². The van der Waals surface area contributed by atoms with Crippen LogP contribution in [0.5, 0.6) is 5.75 Å². The van der Waals surface area contributed by atoms with E-state index in [4.69, 9.17) is 14.6 Å². The minimum absolute atomic E-state index is 0.0174. The second kappa shape index (κ2) is 12.7. The van der Waals surface area contributed by atoms with Crippen LogP contribution in [-0.2, 0) is 14.3 Å². The van der Waals surface area contributed by atoms with Crippen LogP contribution in [0.15, 0.2) is 30.3 Å². The Kier molecular flexibility index (Phi) is 9.43. The third kappa shape index (κ3) is 6.83. The highest BCUT2D eigenvalue weighted by Crippen LogP contribution is 2.25. The molecule has 1 aromatic heterocycles. The molecule has 0 bridgehead atoms. The van der Waals surface area contributed by atoms with Crippen LogP contribution >= 0.6 is 0 Å². The van der Waals surface area contributed by atoms with Crippen molar-refractivity contribution in [1.29, 1.82) is 0 Å². The van der Waals surface area contributed by atoms with Gasteiger partial charge in [-0.1, -0.05) is 18.6 Å². The van der Waals surface area contributed by atoms with Crippen molar-refractivity contribution in [3.63, 3.8) is 0 Å². The second-order valence-corrected chi connectivity index (χ2v) is 8.40. The van der Waals surface area contributed by atoms with E-state index in [0.717, 1.165) is 5.39 Å². The number of hydrogen-bond donors (Lipinski definition) is 2. The standard InChI is InChI=1S/C25H32N4O7/c1-3-36-25(34)29-14-12-28(13-15-29)24(33)19(10-6-7-11-22(30)31)27-23(32)20-16-21(35-2)17-8-4-5-9-18(17)26-20/h4-5,8-9,16,19H,3,6-7,10-15H2,1-2H3,(H,27,32)(H,30,31). The summed E-state index contributed by atoms with van der Waals surface area (Å²) >= 11 is 0. The van der Waals surface area contributed by atoms with Crippen LogP contribution < -0.4 is 10.1 Å². The van der Waals surface area contributed by atoms with Crippen LogP contribution in [-0.4, -0.2) is 89.7 Å². The highest BCUT2D eigenvalue weighted by atomic mass is 16.6. The van der Waals surface area contributed by atoms with Gasteiger partial charge in [-0.3, -0.25) is 14.4 Å². The molecule has 1 aliphatic rings. The summed E-state index contributed by atoms with van der Waals surface area (Å²) in [6.07, 6.45) is 0.671. The molecule has 1 aliphatic heterocycles. The van der Waals surface area contributed by atoms with Crippen molar-refractivity contribution < 1.29 is 33.8 Å². The number of fused-ring (bicyclic) bond motifs is 1. The van der Waals surface area contributed by atoms with Gasteiger partial charge < -0.3 is 29.7 Å². The molecule has 0 spiro atoms. The zero-order chi connectivity index (χ0) is 26.1. The first kappa shape index (κ1) is 26.7. The maximum atomic E-state index is 13.3. The average molecular weight is 501 g/mol. The number of nitrogens with zero attached hydrogens (tertiary/aromatic N) is 3. The Balaban J connectivity index is 1.73. The quantitative estimate of drug-likeness (QED) is 0.474. The molecule has 1 fully saturated rings. The van der Waals surface area contributed by atoms with Crippen molar-refractivity contribution >= 4 is 34.8 Å². The molecule has 2 N–H and O–H groups in total. The molecule has 11 heteroatoms. The fraction of sp³-hybridized carbons (Fsp3) is 0.480. The largest absolute Gasteiger partial charge is 0.496 e. The van der Waals surface area contributed by atoms with Crippen LogP contribution in [0.1, 0.15) is 43.1 Å². The van der Waals surface area contributed by atoms with Crippen molar-refractivity contribution in [2.24, 2.45) is 0 Å². The van der Waals surface area contributed by atoms with E-state index in [0.29, 0.717) is 50.3 Å². The molecular weight excluding hydrogens is 468 g/mol. The lowest BCUT2D eigenvalue weighted by Crippen LogP contribution is -2.56. The van der Waals surface area contributed by atoms with E-state index < -0.39 is 24.0 Å². The van der Waals surface area contributed by atoms with E-state index in [-0.39, 0.29) is 31.0 Å². The highest BCUT2D eigenvalue weighted by molar-refractivity contribution is 5.99. The fourth-order valence-electron chi connectivity index (χ4n) is 4.09. The molecule has 0 saturated carbocycles. The van der Waals surface area contributed by atoms with Gasteiger partial charge in [0.15, 0.2) is 0 Å². The van der Waals surface area contributed by atoms with Gasteiger partial charge in [0.2, 0.25) is 5.91 Å². The van der Waals surface area contributed by atoms with Gasteiger partial charge in [-0.2, -0.15) is 0 Å². The van der Waals surface area contributed by atoms with E-state index in [1.54, 1.807) is 28.9 Å². The lowest BCUT2D eigenvalue weighted by Gasteiger charge is -2.36. The molecule has 3 rings (SSSR count). The topological polar surface area (TPSA) is 138 Å². The Hall–Kier alpha value is -3.89. The Bertz CT molecular complexity index is 1100. The second-order valence-electron chi connectivity index (χ2n) is 8.40. The molecule has 0 radical (unpaired) electrons. The molecule has 3 amide bonds. The maximum Gasteiger partial charge on any atom is 0.409 e. The van der Waals surface area contributed by atoms with Gasteiger partial charge in [0.05, 0.1) is 19.2 Å². The van der Waals surface area contributed by atoms with E-state index in [9.17, 15) is 19.2 Å². The summed E-state index contributed by atoms with van der Waals surface area (Å²) < 4.78 is 10.4. The summed E-state index contributed by atoms with van der Waals surface area (Å²) in [4.78, 5) is 56.9. The summed E-state index contributed by atoms with van der Waals surface area (Å²) in [5.74, 6) is -1.23. The molecule has 1 atom stereocenters. The first-order valence-electron chi connectivity index (χ1n) is 12.0. The number of ether oxygens (including phenoxy) is 2. The summed E-state index contributed by atoms with van der Waals surface area (Å²) in [6.45, 7) is 3.27. The SMILES string of the molecule is CCOC(=O)N1CCN(C(=O)C(CCCCC(=O)O)NC(=O)c2cc(OC)c3ccccc3n2)CC1. The third-order valence-electron chi connectivity index (χ3n) is 5.98. The van der Waals surface area contributed by atoms with Crippen LogP contribution in [0.3, 0.4) is 0 Å². The summed E-state index contributed by atoms with van der Waals surface area (Å²) in [6, 6.07) is 7.93. The zero-order valence-corrected chi connectivity index (χ0v) is 20.6. The molecular formula is C25H32N4O7. The monoisotopic (exact) mass is 500 g/mol. The van der Waals surface area contributed by atoms with Crippen molar-refractivity contribution in [1.82, 2.24) is 20.1 Å². The van der Waals surface area contributed by atoms with Gasteiger partial charge in [-0.15, -0.1) is 0 Å². The zero-order valence-electron chi connectivity index (χ0n) is 20.6. The minimum Gasteiger partial charge on any atom is -0.496 e. The Morgan fingerprint density at radius 1 is 1.08 bits per heavy atom. The van der Waals surface area contributed by atoms with Crippen molar-refractivity contribution in [3.05, 3.63) is 36.0 Å². The third-order valence-corrected chi connectivity index (χ3v) is 5.98. The lowest BCUT2D eigenvalue weighted by atomic mass is 10.1. The number of benzene rings is 1. The van der Waals surface area contributed by atoms with Gasteiger partial charge in [0.1, 0.15) is 17.5 Å². The molecule has 1 unspecified atom stereocenters. The van der Waals surface area contributed by atoms with E-state index >= 15 is 0 Å². The molecule has 11 nitrogen and oxygen atoms in total. The Labute approximate surface area is 209 Å². The van der Waals surface area contributed by atoms with Crippen molar-refractivity contribution in [2.45, 2.75) is 38.6 Å². The molecule has 1 aromatic carbocycles. The number of carbonyl (C=O) groups excluding carboxylic acids is 3. The van der Waals surface area contributed by atoms with Crippen LogP contribution in [0.2, 0.25) is 0 Å². The number of rotatable bonds is 10. The Morgan fingerprint density at radius 2 is 1.78 bits per heavy atom. The predicted molar refractivity (Wildman–Crippen MR) is 131 cm³/mol. The molecule has 0 aliphatic carbocycles. The lowest BCUT2D eigenvalue weighted by molar-refractivity contribution is -0.137. The summed E-state index contributed by atoms with van der Waals surface area (Å²) in [7, 11) is 1.51. The van der Waals surface area contributed by atoms with Gasteiger partial charge >= 0.3 is 12.1 Å². The number of aliphatic carboxylic acids is 1. The molecule has 2 heterocycles. The number of pyridine rings is 1. The van der Waals surface area contributed by atoms with Gasteiger partial charge in [0.25, 0.3) is 5.91 Å². The number of piperazine rings is 1. The van der Waals surface area contributed by atoms with Gasteiger partial charge in [0, 0.05) is 44.1 Å². The number of carbonyl (C=O) groups is 4. The average Bonchev–Trinajstić information content (AvgIpc) is 2.89. The van der Waals surface area contributed by atoms with E-state index in [1.165, 1.54) is 13.2 Å². The number of hydrogen-bond acceptors (Lipinski definition) is 7. The maximum absolute atomic E-state index is 13.3. The highest BCUT2D eigenvalue weighted by Gasteiger charge is 2.30. The van der Waals surface area contributed by atoms with Crippen molar-refractivity contribution in [2.75, 3.05) is 39.9 Å². The molecule has 194 valence electrons. The number of nitrogens with one attached hydrogen (secondary N) is 1. The molecule has 2 aromatic rings. The van der Waals surface area contributed by atoms with Gasteiger partial charge in [-0.05, 0) is 31.9 Å².